The van der Waals surface area contributed by atoms with Crippen molar-refractivity contribution in [2.75, 3.05) is 0 Å². The molecular formula is C3H8NO2PS. The van der Waals surface area contributed by atoms with Crippen LogP contribution in [-0.4, -0.2) is 13.7 Å². The van der Waals surface area contributed by atoms with Gasteiger partial charge in [-0.3, -0.25) is 0 Å². The van der Waals surface area contributed by atoms with Gasteiger partial charge in [0.1, 0.15) is 0 Å². The molecule has 3 nitrogen and oxygen atoms in total. The molecule has 0 aromatic rings. The summed E-state index contributed by atoms with van der Waals surface area (Å²) in [6.45, 7) is 0. The first-order chi connectivity index (χ1) is 3.67. The zero-order chi connectivity index (χ0) is 6.20. The first-order valence-electron chi connectivity index (χ1n) is 2.38. The third-order valence-corrected chi connectivity index (χ3v) is 3.79. The highest BCUT2D eigenvalue weighted by molar-refractivity contribution is 7.93. The van der Waals surface area contributed by atoms with Crippen LogP contribution in [0.5, 0.6) is 0 Å². The largest absolute Gasteiger partial charge is 0.217 e. The minimum atomic E-state index is -2.91. The highest BCUT2D eigenvalue weighted by Gasteiger charge is 2.34. The zero-order valence-electron chi connectivity index (χ0n) is 4.29. The van der Waals surface area contributed by atoms with Crippen molar-refractivity contribution in [1.29, 1.82) is 0 Å². The zero-order valence-corrected chi connectivity index (χ0v) is 6.26. The van der Waals surface area contributed by atoms with Crippen LogP contribution in [0.1, 0.15) is 12.8 Å². The summed E-state index contributed by atoms with van der Waals surface area (Å²) in [5, 5.41) is -0.0972. The van der Waals surface area contributed by atoms with Crippen LogP contribution >= 0.6 is 9.39 Å². The van der Waals surface area contributed by atoms with Crippen LogP contribution in [0.25, 0.3) is 0 Å². The maximum atomic E-state index is 10.6. The SMILES string of the molecule is O=S(=O)(NP)C1CC1. The molecule has 0 aliphatic heterocycles. The van der Waals surface area contributed by atoms with Crippen molar-refractivity contribution in [1.82, 2.24) is 4.49 Å². The molecule has 1 atom stereocenters. The molecular weight excluding hydrogens is 145 g/mol. The van der Waals surface area contributed by atoms with E-state index in [-0.39, 0.29) is 5.25 Å². The van der Waals surface area contributed by atoms with E-state index >= 15 is 0 Å². The molecule has 1 aliphatic carbocycles. The van der Waals surface area contributed by atoms with Gasteiger partial charge in [-0.2, -0.15) is 4.49 Å². The predicted octanol–water partition coefficient (Wildman–Crippen LogP) is -0.142. The molecule has 0 aromatic heterocycles. The van der Waals surface area contributed by atoms with Gasteiger partial charge in [-0.25, -0.2) is 8.42 Å². The maximum absolute atomic E-state index is 10.6. The fraction of sp³-hybridized carbons (Fsp3) is 1.00. The second-order valence-electron chi connectivity index (χ2n) is 1.86. The molecule has 1 saturated carbocycles. The Bertz CT molecular complexity index is 172. The number of nitrogens with one attached hydrogen (secondary N) is 1. The first-order valence-corrected chi connectivity index (χ1v) is 4.50. The second-order valence-corrected chi connectivity index (χ2v) is 4.56. The minimum absolute atomic E-state index is 0.0972. The van der Waals surface area contributed by atoms with Crippen LogP contribution in [0.4, 0.5) is 0 Å². The molecule has 0 spiro atoms. The van der Waals surface area contributed by atoms with E-state index in [0.717, 1.165) is 12.8 Å². The standard InChI is InChI=1S/C3H8NO2PS/c5-8(6,4-7)3-1-2-3/h3-4H,1-2,7H2. The topological polar surface area (TPSA) is 46.2 Å². The van der Waals surface area contributed by atoms with Crippen LogP contribution in [0, 0.1) is 0 Å². The number of hydrogen-bond donors (Lipinski definition) is 1. The predicted molar refractivity (Wildman–Crippen MR) is 34.8 cm³/mol. The van der Waals surface area contributed by atoms with Crippen LogP contribution in [0.3, 0.4) is 0 Å². The Kier molecular flexibility index (Phi) is 1.56. The summed E-state index contributed by atoms with van der Waals surface area (Å²) in [6.07, 6.45) is 1.65. The molecule has 0 amide bonds. The smallest absolute Gasteiger partial charge is 0.212 e. The Hall–Kier alpha value is 0.340. The fourth-order valence-corrected chi connectivity index (χ4v) is 2.00. The molecule has 48 valence electrons. The highest BCUT2D eigenvalue weighted by atomic mass is 32.2. The van der Waals surface area contributed by atoms with Crippen LogP contribution < -0.4 is 4.49 Å². The summed E-state index contributed by atoms with van der Waals surface area (Å²) in [5.74, 6) is 0. The van der Waals surface area contributed by atoms with Crippen molar-refractivity contribution < 1.29 is 8.42 Å². The fourth-order valence-electron chi connectivity index (χ4n) is 0.475. The summed E-state index contributed by atoms with van der Waals surface area (Å²) in [4.78, 5) is 0. The van der Waals surface area contributed by atoms with Gasteiger partial charge < -0.3 is 0 Å². The first kappa shape index (κ1) is 6.46. The van der Waals surface area contributed by atoms with Gasteiger partial charge in [0, 0.05) is 0 Å². The van der Waals surface area contributed by atoms with Crippen LogP contribution in [-0.2, 0) is 10.0 Å². The molecule has 1 unspecified atom stereocenters. The Morgan fingerprint density at radius 1 is 1.50 bits per heavy atom. The number of hydrogen-bond acceptors (Lipinski definition) is 2. The molecule has 0 aromatic carbocycles. The monoisotopic (exact) mass is 153 g/mol. The molecule has 0 bridgehead atoms. The molecule has 1 rings (SSSR count). The molecule has 8 heavy (non-hydrogen) atoms. The third-order valence-electron chi connectivity index (χ3n) is 1.13. The second kappa shape index (κ2) is 1.94. The number of sulfonamides is 1. The molecule has 0 heterocycles. The van der Waals surface area contributed by atoms with Gasteiger partial charge in [0.05, 0.1) is 5.25 Å². The van der Waals surface area contributed by atoms with Gasteiger partial charge in [-0.15, -0.1) is 0 Å². The lowest BCUT2D eigenvalue weighted by atomic mass is 11.0. The van der Waals surface area contributed by atoms with E-state index in [1.54, 1.807) is 0 Å². The lowest BCUT2D eigenvalue weighted by molar-refractivity contribution is 0.593. The third kappa shape index (κ3) is 1.19. The van der Waals surface area contributed by atoms with Crippen molar-refractivity contribution in [2.45, 2.75) is 18.1 Å². The van der Waals surface area contributed by atoms with Gasteiger partial charge in [0.2, 0.25) is 10.0 Å². The summed E-state index contributed by atoms with van der Waals surface area (Å²) in [7, 11) is -0.917. The van der Waals surface area contributed by atoms with Crippen LogP contribution in [0.15, 0.2) is 0 Å². The van der Waals surface area contributed by atoms with Crippen molar-refractivity contribution in [3.63, 3.8) is 0 Å². The van der Waals surface area contributed by atoms with Gasteiger partial charge in [0.15, 0.2) is 0 Å². The normalized spacial score (nSPS) is 21.1. The van der Waals surface area contributed by atoms with E-state index in [2.05, 4.69) is 4.49 Å². The summed E-state index contributed by atoms with van der Waals surface area (Å²) in [5.41, 5.74) is 0. The number of rotatable bonds is 2. The Labute approximate surface area is 51.2 Å². The lowest BCUT2D eigenvalue weighted by Crippen LogP contribution is -2.17. The van der Waals surface area contributed by atoms with Crippen molar-refractivity contribution >= 4 is 19.4 Å². The Morgan fingerprint density at radius 3 is 2.12 bits per heavy atom. The van der Waals surface area contributed by atoms with Gasteiger partial charge >= 0.3 is 0 Å². The lowest BCUT2D eigenvalue weighted by Gasteiger charge is -1.94. The molecule has 1 N–H and O–H groups in total. The average molecular weight is 153 g/mol. The maximum Gasteiger partial charge on any atom is 0.217 e. The van der Waals surface area contributed by atoms with E-state index < -0.39 is 10.0 Å². The Balaban J connectivity index is 2.65. The quantitative estimate of drug-likeness (QED) is 0.561. The molecule has 5 heteroatoms. The van der Waals surface area contributed by atoms with Crippen molar-refractivity contribution in [2.24, 2.45) is 0 Å². The summed E-state index contributed by atoms with van der Waals surface area (Å²) < 4.78 is 23.5. The highest BCUT2D eigenvalue weighted by Crippen LogP contribution is 2.27. The van der Waals surface area contributed by atoms with E-state index in [0.29, 0.717) is 0 Å². The van der Waals surface area contributed by atoms with E-state index in [1.165, 1.54) is 0 Å². The minimum Gasteiger partial charge on any atom is -0.212 e. The van der Waals surface area contributed by atoms with E-state index in [9.17, 15) is 8.42 Å². The van der Waals surface area contributed by atoms with Gasteiger partial charge in [-0.05, 0) is 12.8 Å². The van der Waals surface area contributed by atoms with Crippen molar-refractivity contribution in [3.8, 4) is 0 Å². The molecule has 1 aliphatic rings. The van der Waals surface area contributed by atoms with Crippen LogP contribution in [0.2, 0.25) is 0 Å². The molecule has 0 saturated heterocycles. The molecule has 1 fully saturated rings. The van der Waals surface area contributed by atoms with Gasteiger partial charge in [0.25, 0.3) is 0 Å². The van der Waals surface area contributed by atoms with E-state index in [4.69, 9.17) is 0 Å². The molecule has 0 radical (unpaired) electrons. The average Bonchev–Trinajstić information content (AvgIpc) is 2.44. The Morgan fingerprint density at radius 2 is 2.00 bits per heavy atom. The van der Waals surface area contributed by atoms with Crippen molar-refractivity contribution in [3.05, 3.63) is 0 Å². The van der Waals surface area contributed by atoms with E-state index in [1.807, 2.05) is 9.39 Å². The summed E-state index contributed by atoms with van der Waals surface area (Å²) in [6, 6.07) is 0. The summed E-state index contributed by atoms with van der Waals surface area (Å²) >= 11 is 0. The van der Waals surface area contributed by atoms with Gasteiger partial charge in [-0.1, -0.05) is 9.39 Å².